The van der Waals surface area contributed by atoms with Gasteiger partial charge >= 0.3 is 7.82 Å². The standard InChI is InChI=1S/C10H14N5O8P/c11-10-13-7-4(8(18)14-10)12-2-15(7)9-6(17)5(16)3(23-9)1-22-24(19,20)21/h2-3,5-6,9,16-17H,1H2,(H2,19,20,21)(H3,11,13,14,18)/t3-,5-,6-,9-/m0/s1. The maximum absolute atomic E-state index is 11.7. The summed E-state index contributed by atoms with van der Waals surface area (Å²) in [4.78, 5) is 39.1. The van der Waals surface area contributed by atoms with Crippen LogP contribution in [0.25, 0.3) is 11.2 Å². The van der Waals surface area contributed by atoms with Gasteiger partial charge in [-0.05, 0) is 0 Å². The van der Waals surface area contributed by atoms with E-state index in [2.05, 4.69) is 19.5 Å². The Balaban J connectivity index is 1.90. The number of rotatable bonds is 4. The number of ether oxygens (including phenoxy) is 1. The number of aliphatic hydroxyl groups is 2. The van der Waals surface area contributed by atoms with Gasteiger partial charge in [0.25, 0.3) is 5.56 Å². The van der Waals surface area contributed by atoms with Gasteiger partial charge in [-0.25, -0.2) is 9.55 Å². The monoisotopic (exact) mass is 363 g/mol. The molecule has 2 aromatic rings. The van der Waals surface area contributed by atoms with Crippen molar-refractivity contribution in [3.05, 3.63) is 16.7 Å². The van der Waals surface area contributed by atoms with E-state index in [0.29, 0.717) is 0 Å². The highest BCUT2D eigenvalue weighted by Crippen LogP contribution is 2.38. The Bertz CT molecular complexity index is 861. The first kappa shape index (κ1) is 17.0. The predicted octanol–water partition coefficient (Wildman–Crippen LogP) is -2.57. The van der Waals surface area contributed by atoms with Crippen LogP contribution < -0.4 is 11.3 Å². The molecule has 0 bridgehead atoms. The normalized spacial score (nSPS) is 27.8. The van der Waals surface area contributed by atoms with Crippen molar-refractivity contribution in [1.29, 1.82) is 0 Å². The number of H-pyrrole nitrogens is 1. The van der Waals surface area contributed by atoms with E-state index in [1.807, 2.05) is 0 Å². The minimum Gasteiger partial charge on any atom is -0.387 e. The number of fused-ring (bicyclic) bond motifs is 1. The zero-order valence-electron chi connectivity index (χ0n) is 11.9. The van der Waals surface area contributed by atoms with Crippen molar-refractivity contribution in [3.63, 3.8) is 0 Å². The SMILES string of the molecule is Nc1nc2c(ncn2[C@H]2O[C@@H](COP(=O)(O)O)[C@H](O)[C@@H]2O)c(=O)[nH]1. The second kappa shape index (κ2) is 5.89. The van der Waals surface area contributed by atoms with Crippen LogP contribution >= 0.6 is 7.82 Å². The third-order valence-corrected chi connectivity index (χ3v) is 3.95. The number of hydrogen-bond acceptors (Lipinski definition) is 9. The topological polar surface area (TPSA) is 206 Å². The second-order valence-corrected chi connectivity index (χ2v) is 6.35. The quantitative estimate of drug-likeness (QED) is 0.311. The molecule has 0 radical (unpaired) electrons. The highest BCUT2D eigenvalue weighted by molar-refractivity contribution is 7.46. The van der Waals surface area contributed by atoms with E-state index in [1.54, 1.807) is 0 Å². The van der Waals surface area contributed by atoms with E-state index in [4.69, 9.17) is 20.3 Å². The molecule has 3 heterocycles. The zero-order valence-corrected chi connectivity index (χ0v) is 12.8. The first-order valence-corrected chi connectivity index (χ1v) is 8.14. The molecule has 2 aromatic heterocycles. The van der Waals surface area contributed by atoms with Gasteiger partial charge < -0.3 is 30.5 Å². The number of aliphatic hydroxyl groups excluding tert-OH is 2. The number of hydrogen-bond donors (Lipinski definition) is 6. The summed E-state index contributed by atoms with van der Waals surface area (Å²) in [6.07, 6.45) is -4.22. The lowest BCUT2D eigenvalue weighted by Crippen LogP contribution is -2.33. The van der Waals surface area contributed by atoms with Gasteiger partial charge in [0.15, 0.2) is 17.4 Å². The largest absolute Gasteiger partial charge is 0.469 e. The van der Waals surface area contributed by atoms with Crippen LogP contribution in [0.4, 0.5) is 5.95 Å². The fourth-order valence-electron chi connectivity index (χ4n) is 2.40. The summed E-state index contributed by atoms with van der Waals surface area (Å²) in [5, 5.41) is 20.1. The fraction of sp³-hybridized carbons (Fsp3) is 0.500. The Morgan fingerprint density at radius 2 is 2.12 bits per heavy atom. The van der Waals surface area contributed by atoms with Crippen LogP contribution in [0, 0.1) is 0 Å². The lowest BCUT2D eigenvalue weighted by molar-refractivity contribution is -0.0503. The van der Waals surface area contributed by atoms with Crippen LogP contribution in [-0.2, 0) is 13.8 Å². The molecule has 1 aliphatic rings. The van der Waals surface area contributed by atoms with E-state index in [-0.39, 0.29) is 17.1 Å². The number of nitrogens with two attached hydrogens (primary N) is 1. The van der Waals surface area contributed by atoms with E-state index < -0.39 is 44.5 Å². The molecular formula is C10H14N5O8P. The Kier molecular flexibility index (Phi) is 4.17. The van der Waals surface area contributed by atoms with Crippen LogP contribution in [0.3, 0.4) is 0 Å². The van der Waals surface area contributed by atoms with Gasteiger partial charge in [-0.2, -0.15) is 4.98 Å². The molecule has 0 aliphatic carbocycles. The van der Waals surface area contributed by atoms with Crippen LogP contribution in [0.15, 0.2) is 11.1 Å². The van der Waals surface area contributed by atoms with Gasteiger partial charge in [0.2, 0.25) is 5.95 Å². The number of phosphoric ester groups is 1. The molecule has 0 saturated carbocycles. The molecule has 0 spiro atoms. The number of aromatic amines is 1. The van der Waals surface area contributed by atoms with Gasteiger partial charge in [-0.1, -0.05) is 0 Å². The molecular weight excluding hydrogens is 349 g/mol. The second-order valence-electron chi connectivity index (χ2n) is 5.11. The lowest BCUT2D eigenvalue weighted by atomic mass is 10.1. The fourth-order valence-corrected chi connectivity index (χ4v) is 2.74. The zero-order chi connectivity index (χ0) is 17.6. The Hall–Kier alpha value is -1.86. The Morgan fingerprint density at radius 1 is 1.42 bits per heavy atom. The summed E-state index contributed by atoms with van der Waals surface area (Å²) in [6, 6.07) is 0. The smallest absolute Gasteiger partial charge is 0.387 e. The number of nitrogen functional groups attached to an aromatic ring is 1. The van der Waals surface area contributed by atoms with Crippen molar-refractivity contribution in [1.82, 2.24) is 19.5 Å². The van der Waals surface area contributed by atoms with E-state index >= 15 is 0 Å². The molecule has 7 N–H and O–H groups in total. The lowest BCUT2D eigenvalue weighted by Gasteiger charge is -2.16. The third kappa shape index (κ3) is 3.06. The first-order chi connectivity index (χ1) is 11.2. The van der Waals surface area contributed by atoms with Crippen molar-refractivity contribution in [3.8, 4) is 0 Å². The molecule has 0 aromatic carbocycles. The Labute approximate surface area is 132 Å². The van der Waals surface area contributed by atoms with E-state index in [1.165, 1.54) is 10.9 Å². The van der Waals surface area contributed by atoms with Crippen molar-refractivity contribution >= 4 is 24.9 Å². The van der Waals surface area contributed by atoms with Gasteiger partial charge in [0.05, 0.1) is 12.9 Å². The molecule has 3 rings (SSSR count). The molecule has 1 aliphatic heterocycles. The van der Waals surface area contributed by atoms with Crippen LogP contribution in [0.5, 0.6) is 0 Å². The van der Waals surface area contributed by atoms with Gasteiger partial charge in [-0.3, -0.25) is 18.9 Å². The number of anilines is 1. The third-order valence-electron chi connectivity index (χ3n) is 3.47. The van der Waals surface area contributed by atoms with E-state index in [0.717, 1.165) is 0 Å². The average molecular weight is 363 g/mol. The number of nitrogens with one attached hydrogen (secondary N) is 1. The van der Waals surface area contributed by atoms with Gasteiger partial charge in [-0.15, -0.1) is 0 Å². The van der Waals surface area contributed by atoms with Crippen molar-refractivity contribution in [2.45, 2.75) is 24.5 Å². The van der Waals surface area contributed by atoms with Gasteiger partial charge in [0.1, 0.15) is 18.3 Å². The molecule has 0 unspecified atom stereocenters. The van der Waals surface area contributed by atoms with E-state index in [9.17, 15) is 19.6 Å². The van der Waals surface area contributed by atoms with Crippen LogP contribution in [0.1, 0.15) is 6.23 Å². The first-order valence-electron chi connectivity index (χ1n) is 6.61. The van der Waals surface area contributed by atoms with Crippen molar-refractivity contribution < 1.29 is 33.8 Å². The summed E-state index contributed by atoms with van der Waals surface area (Å²) < 4.78 is 21.6. The number of imidazole rings is 1. The highest BCUT2D eigenvalue weighted by atomic mass is 31.2. The molecule has 4 atom stereocenters. The Morgan fingerprint density at radius 3 is 2.79 bits per heavy atom. The predicted molar refractivity (Wildman–Crippen MR) is 76.5 cm³/mol. The minimum absolute atomic E-state index is 0.0176. The maximum Gasteiger partial charge on any atom is 0.469 e. The van der Waals surface area contributed by atoms with Crippen LogP contribution in [0.2, 0.25) is 0 Å². The number of aromatic nitrogens is 4. The minimum atomic E-state index is -4.76. The molecule has 132 valence electrons. The molecule has 1 saturated heterocycles. The summed E-state index contributed by atoms with van der Waals surface area (Å²) in [5.41, 5.74) is 4.84. The van der Waals surface area contributed by atoms with Gasteiger partial charge in [0, 0.05) is 0 Å². The summed E-state index contributed by atoms with van der Waals surface area (Å²) >= 11 is 0. The molecule has 1 fully saturated rings. The highest BCUT2D eigenvalue weighted by Gasteiger charge is 2.45. The maximum atomic E-state index is 11.7. The number of nitrogens with zero attached hydrogens (tertiary/aromatic N) is 3. The summed E-state index contributed by atoms with van der Waals surface area (Å²) in [5.74, 6) is -0.177. The molecule has 14 heteroatoms. The molecule has 13 nitrogen and oxygen atoms in total. The van der Waals surface area contributed by atoms with Crippen molar-refractivity contribution in [2.75, 3.05) is 12.3 Å². The van der Waals surface area contributed by atoms with Crippen molar-refractivity contribution in [2.24, 2.45) is 0 Å². The average Bonchev–Trinajstić information content (AvgIpc) is 3.00. The molecule has 24 heavy (non-hydrogen) atoms. The van der Waals surface area contributed by atoms with Crippen LogP contribution in [-0.4, -0.2) is 64.4 Å². The molecule has 0 amide bonds. The number of phosphoric acid groups is 1. The summed E-state index contributed by atoms with van der Waals surface area (Å²) in [6.45, 7) is -0.651. The summed E-state index contributed by atoms with van der Waals surface area (Å²) in [7, 11) is -4.76.